The molecule has 0 amide bonds. The highest BCUT2D eigenvalue weighted by atomic mass is 32.2. The maximum Gasteiger partial charge on any atom is 0.122 e. The summed E-state index contributed by atoms with van der Waals surface area (Å²) in [4.78, 5) is 2.43. The van der Waals surface area contributed by atoms with E-state index in [2.05, 4.69) is 55.9 Å². The number of nitrogens with one attached hydrogen (secondary N) is 1. The number of rotatable bonds is 5. The lowest BCUT2D eigenvalue weighted by molar-refractivity contribution is 0.232. The van der Waals surface area contributed by atoms with E-state index in [1.165, 1.54) is 23.5 Å². The number of nitrogens with zero attached hydrogens (tertiary/aromatic N) is 1. The highest BCUT2D eigenvalue weighted by Crippen LogP contribution is 2.23. The quantitative estimate of drug-likeness (QED) is 0.898. The molecule has 1 aliphatic rings. The van der Waals surface area contributed by atoms with Gasteiger partial charge in [-0.2, -0.15) is 11.8 Å². The highest BCUT2D eigenvalue weighted by molar-refractivity contribution is 7.99. The minimum absolute atomic E-state index is 0.141. The summed E-state index contributed by atoms with van der Waals surface area (Å²) in [6, 6.07) is 2.80. The van der Waals surface area contributed by atoms with Gasteiger partial charge in [0.2, 0.25) is 0 Å². The fourth-order valence-electron chi connectivity index (χ4n) is 2.25. The Bertz CT molecular complexity index is 391. The van der Waals surface area contributed by atoms with Crippen LogP contribution < -0.4 is 5.32 Å². The predicted molar refractivity (Wildman–Crippen MR) is 82.5 cm³/mol. The van der Waals surface area contributed by atoms with Gasteiger partial charge < -0.3 is 9.73 Å². The Morgan fingerprint density at radius 3 is 2.89 bits per heavy atom. The van der Waals surface area contributed by atoms with Gasteiger partial charge >= 0.3 is 0 Å². The molecule has 19 heavy (non-hydrogen) atoms. The van der Waals surface area contributed by atoms with Crippen LogP contribution in [0, 0.1) is 0 Å². The molecule has 0 aromatic carbocycles. The molecule has 0 radical (unpaired) electrons. The highest BCUT2D eigenvalue weighted by Gasteiger charge is 2.22. The Balaban J connectivity index is 1.91. The van der Waals surface area contributed by atoms with Gasteiger partial charge in [-0.1, -0.05) is 0 Å². The summed E-state index contributed by atoms with van der Waals surface area (Å²) in [6.45, 7) is 8.36. The molecule has 1 saturated heterocycles. The van der Waals surface area contributed by atoms with Crippen molar-refractivity contribution in [1.29, 1.82) is 0 Å². The molecular weight excluding hydrogens is 256 g/mol. The van der Waals surface area contributed by atoms with Crippen molar-refractivity contribution in [2.45, 2.75) is 51.9 Å². The summed E-state index contributed by atoms with van der Waals surface area (Å²) in [5.74, 6) is 3.66. The summed E-state index contributed by atoms with van der Waals surface area (Å²) in [5, 5.41) is 3.52. The van der Waals surface area contributed by atoms with Crippen molar-refractivity contribution in [3.63, 3.8) is 0 Å². The van der Waals surface area contributed by atoms with Gasteiger partial charge in [0.25, 0.3) is 0 Å². The molecule has 0 aliphatic carbocycles. The third-order valence-electron chi connectivity index (χ3n) is 3.57. The molecule has 1 aromatic heterocycles. The molecular formula is C15H26N2OS. The lowest BCUT2D eigenvalue weighted by Gasteiger charge is -2.24. The van der Waals surface area contributed by atoms with Crippen molar-refractivity contribution in [2.75, 3.05) is 18.6 Å². The van der Waals surface area contributed by atoms with Crippen LogP contribution in [-0.4, -0.2) is 35.0 Å². The van der Waals surface area contributed by atoms with E-state index in [1.54, 1.807) is 0 Å². The van der Waals surface area contributed by atoms with Crippen molar-refractivity contribution in [2.24, 2.45) is 0 Å². The second-order valence-electron chi connectivity index (χ2n) is 6.41. The van der Waals surface area contributed by atoms with Gasteiger partial charge in [-0.25, -0.2) is 0 Å². The summed E-state index contributed by atoms with van der Waals surface area (Å²) in [6.07, 6.45) is 3.11. The lowest BCUT2D eigenvalue weighted by Crippen LogP contribution is -2.35. The molecule has 2 heterocycles. The van der Waals surface area contributed by atoms with Crippen molar-refractivity contribution >= 4 is 11.8 Å². The van der Waals surface area contributed by atoms with E-state index in [0.717, 1.165) is 18.8 Å². The smallest absolute Gasteiger partial charge is 0.122 e. The van der Waals surface area contributed by atoms with E-state index in [-0.39, 0.29) is 5.54 Å². The number of hydrogen-bond donors (Lipinski definition) is 1. The molecule has 1 N–H and O–H groups in total. The van der Waals surface area contributed by atoms with E-state index in [4.69, 9.17) is 4.42 Å². The lowest BCUT2D eigenvalue weighted by atomic mass is 10.1. The van der Waals surface area contributed by atoms with Crippen LogP contribution in [0.3, 0.4) is 0 Å². The van der Waals surface area contributed by atoms with Crippen LogP contribution in [0.4, 0.5) is 0 Å². The Kier molecular flexibility index (Phi) is 4.98. The number of hydrogen-bond acceptors (Lipinski definition) is 4. The van der Waals surface area contributed by atoms with Crippen molar-refractivity contribution in [3.8, 4) is 0 Å². The average Bonchev–Trinajstić information content (AvgIpc) is 2.96. The second-order valence-corrected chi connectivity index (χ2v) is 7.55. The van der Waals surface area contributed by atoms with Crippen LogP contribution in [0.1, 0.15) is 38.5 Å². The summed E-state index contributed by atoms with van der Waals surface area (Å²) in [7, 11) is 2.21. The number of thioether (sulfide) groups is 1. The molecule has 0 bridgehead atoms. The van der Waals surface area contributed by atoms with Crippen molar-refractivity contribution < 1.29 is 4.42 Å². The second kappa shape index (κ2) is 6.33. The molecule has 2 rings (SSSR count). The molecule has 1 atom stereocenters. The molecule has 0 saturated carbocycles. The summed E-state index contributed by atoms with van der Waals surface area (Å²) >= 11 is 2.06. The molecule has 108 valence electrons. The Labute approximate surface area is 121 Å². The zero-order chi connectivity index (χ0) is 13.9. The normalized spacial score (nSPS) is 20.4. The Morgan fingerprint density at radius 2 is 2.26 bits per heavy atom. The first-order chi connectivity index (χ1) is 8.96. The standard InChI is InChI=1S/C15H26N2OS/c1-15(2,3)16-9-12-5-7-18-14(12)10-17(4)13-6-8-19-11-13/h5,7,13,16H,6,8-11H2,1-4H3. The molecule has 1 aromatic rings. The monoisotopic (exact) mass is 282 g/mol. The maximum absolute atomic E-state index is 5.67. The molecule has 0 spiro atoms. The molecule has 1 aliphatic heterocycles. The van der Waals surface area contributed by atoms with E-state index in [0.29, 0.717) is 6.04 Å². The fourth-order valence-corrected chi connectivity index (χ4v) is 3.55. The largest absolute Gasteiger partial charge is 0.468 e. The summed E-state index contributed by atoms with van der Waals surface area (Å²) < 4.78 is 5.67. The molecule has 4 heteroatoms. The predicted octanol–water partition coefficient (Wildman–Crippen LogP) is 3.11. The first-order valence-electron chi connectivity index (χ1n) is 7.04. The average molecular weight is 282 g/mol. The van der Waals surface area contributed by atoms with Crippen LogP contribution in [0.15, 0.2) is 16.7 Å². The minimum atomic E-state index is 0.141. The molecule has 1 unspecified atom stereocenters. The van der Waals surface area contributed by atoms with Crippen molar-refractivity contribution in [3.05, 3.63) is 23.7 Å². The van der Waals surface area contributed by atoms with Crippen LogP contribution in [0.25, 0.3) is 0 Å². The van der Waals surface area contributed by atoms with Gasteiger partial charge in [-0.3, -0.25) is 4.90 Å². The topological polar surface area (TPSA) is 28.4 Å². The van der Waals surface area contributed by atoms with Gasteiger partial charge in [0.1, 0.15) is 5.76 Å². The van der Waals surface area contributed by atoms with E-state index in [1.807, 2.05) is 6.26 Å². The van der Waals surface area contributed by atoms with Gasteiger partial charge in [0.05, 0.1) is 12.8 Å². The van der Waals surface area contributed by atoms with Gasteiger partial charge in [-0.15, -0.1) is 0 Å². The maximum atomic E-state index is 5.67. The molecule has 1 fully saturated rings. The third kappa shape index (κ3) is 4.55. The van der Waals surface area contributed by atoms with Crippen LogP contribution in [0.2, 0.25) is 0 Å². The van der Waals surface area contributed by atoms with Crippen LogP contribution in [-0.2, 0) is 13.1 Å². The fraction of sp³-hybridized carbons (Fsp3) is 0.733. The van der Waals surface area contributed by atoms with Gasteiger partial charge in [-0.05, 0) is 46.1 Å². The zero-order valence-electron chi connectivity index (χ0n) is 12.5. The van der Waals surface area contributed by atoms with Gasteiger partial charge in [0.15, 0.2) is 0 Å². The van der Waals surface area contributed by atoms with Gasteiger partial charge in [0, 0.05) is 29.4 Å². The van der Waals surface area contributed by atoms with Crippen LogP contribution in [0.5, 0.6) is 0 Å². The summed E-state index contributed by atoms with van der Waals surface area (Å²) in [5.41, 5.74) is 1.43. The van der Waals surface area contributed by atoms with Crippen LogP contribution >= 0.6 is 11.8 Å². The Morgan fingerprint density at radius 1 is 1.47 bits per heavy atom. The van der Waals surface area contributed by atoms with E-state index < -0.39 is 0 Å². The SMILES string of the molecule is CN(Cc1occc1CNC(C)(C)C)C1CCSC1. The zero-order valence-corrected chi connectivity index (χ0v) is 13.3. The molecule has 3 nitrogen and oxygen atoms in total. The third-order valence-corrected chi connectivity index (χ3v) is 4.71. The first kappa shape index (κ1) is 14.9. The van der Waals surface area contributed by atoms with Crippen molar-refractivity contribution in [1.82, 2.24) is 10.2 Å². The van der Waals surface area contributed by atoms with E-state index in [9.17, 15) is 0 Å². The first-order valence-corrected chi connectivity index (χ1v) is 8.19. The Hall–Kier alpha value is -0.450. The number of furan rings is 1. The van der Waals surface area contributed by atoms with E-state index >= 15 is 0 Å². The minimum Gasteiger partial charge on any atom is -0.468 e.